The molecule has 2 rings (SSSR count). The Morgan fingerprint density at radius 2 is 1.78 bits per heavy atom. The van der Waals surface area contributed by atoms with Gasteiger partial charge in [0.1, 0.15) is 0 Å². The summed E-state index contributed by atoms with van der Waals surface area (Å²) in [5.74, 6) is 0.831. The SMILES string of the molecule is CC1CC(C)CN(S(=O)(=O)N(CCO)C2CC2)C1. The van der Waals surface area contributed by atoms with E-state index in [9.17, 15) is 8.42 Å². The van der Waals surface area contributed by atoms with Gasteiger partial charge in [-0.2, -0.15) is 17.0 Å². The molecule has 0 aromatic heterocycles. The van der Waals surface area contributed by atoms with Crippen LogP contribution in [0.25, 0.3) is 0 Å². The predicted molar refractivity (Wildman–Crippen MR) is 70.3 cm³/mol. The van der Waals surface area contributed by atoms with Gasteiger partial charge in [-0.1, -0.05) is 13.8 Å². The maximum absolute atomic E-state index is 12.6. The number of nitrogens with zero attached hydrogens (tertiary/aromatic N) is 2. The summed E-state index contributed by atoms with van der Waals surface area (Å²) in [4.78, 5) is 0. The number of aliphatic hydroxyl groups excluding tert-OH is 1. The molecular weight excluding hydrogens is 252 g/mol. The molecule has 0 amide bonds. The Morgan fingerprint density at radius 3 is 2.22 bits per heavy atom. The summed E-state index contributed by atoms with van der Waals surface area (Å²) >= 11 is 0. The van der Waals surface area contributed by atoms with E-state index in [0.717, 1.165) is 19.3 Å². The van der Waals surface area contributed by atoms with Crippen molar-refractivity contribution in [3.8, 4) is 0 Å². The molecule has 1 aliphatic carbocycles. The van der Waals surface area contributed by atoms with Crippen molar-refractivity contribution in [2.75, 3.05) is 26.2 Å². The van der Waals surface area contributed by atoms with Gasteiger partial charge in [-0.25, -0.2) is 0 Å². The zero-order chi connectivity index (χ0) is 13.3. The van der Waals surface area contributed by atoms with E-state index in [0.29, 0.717) is 24.9 Å². The highest BCUT2D eigenvalue weighted by Crippen LogP contribution is 2.32. The maximum atomic E-state index is 12.6. The molecule has 0 spiro atoms. The molecule has 1 heterocycles. The first-order valence-electron chi connectivity index (χ1n) is 6.83. The van der Waals surface area contributed by atoms with Crippen LogP contribution in [0.5, 0.6) is 0 Å². The zero-order valence-electron chi connectivity index (χ0n) is 11.2. The van der Waals surface area contributed by atoms with Crippen LogP contribution in [-0.4, -0.2) is 54.4 Å². The number of piperidine rings is 1. The molecule has 1 aliphatic heterocycles. The molecule has 1 N–H and O–H groups in total. The van der Waals surface area contributed by atoms with Crippen LogP contribution < -0.4 is 0 Å². The van der Waals surface area contributed by atoms with Gasteiger partial charge in [0.25, 0.3) is 10.2 Å². The van der Waals surface area contributed by atoms with Crippen LogP contribution in [0.1, 0.15) is 33.1 Å². The van der Waals surface area contributed by atoms with E-state index >= 15 is 0 Å². The number of hydrogen-bond donors (Lipinski definition) is 1. The van der Waals surface area contributed by atoms with Gasteiger partial charge in [0, 0.05) is 25.7 Å². The third-order valence-electron chi connectivity index (χ3n) is 3.73. The minimum atomic E-state index is -3.38. The number of aliphatic hydroxyl groups is 1. The first kappa shape index (κ1) is 14.2. The fourth-order valence-corrected chi connectivity index (χ4v) is 4.97. The van der Waals surface area contributed by atoms with E-state index in [2.05, 4.69) is 13.8 Å². The van der Waals surface area contributed by atoms with E-state index in [-0.39, 0.29) is 19.2 Å². The first-order valence-corrected chi connectivity index (χ1v) is 8.22. The lowest BCUT2D eigenvalue weighted by Gasteiger charge is -2.37. The average molecular weight is 276 g/mol. The van der Waals surface area contributed by atoms with Gasteiger partial charge >= 0.3 is 0 Å². The highest BCUT2D eigenvalue weighted by Gasteiger charge is 2.41. The summed E-state index contributed by atoms with van der Waals surface area (Å²) in [5, 5.41) is 9.05. The van der Waals surface area contributed by atoms with Crippen LogP contribution in [0.15, 0.2) is 0 Å². The van der Waals surface area contributed by atoms with Crippen molar-refractivity contribution in [3.63, 3.8) is 0 Å². The molecule has 0 aromatic carbocycles. The molecule has 0 bridgehead atoms. The van der Waals surface area contributed by atoms with Crippen LogP contribution in [0, 0.1) is 11.8 Å². The lowest BCUT2D eigenvalue weighted by Crippen LogP contribution is -2.50. The molecule has 1 saturated heterocycles. The standard InChI is InChI=1S/C12H24N2O3S/c1-10-7-11(2)9-13(8-10)18(16,17)14(5-6-15)12-3-4-12/h10-12,15H,3-9H2,1-2H3. The van der Waals surface area contributed by atoms with Gasteiger partial charge in [-0.15, -0.1) is 0 Å². The average Bonchev–Trinajstić information content (AvgIpc) is 3.08. The maximum Gasteiger partial charge on any atom is 0.282 e. The van der Waals surface area contributed by atoms with Gasteiger partial charge in [0.15, 0.2) is 0 Å². The van der Waals surface area contributed by atoms with E-state index < -0.39 is 10.2 Å². The number of rotatable bonds is 5. The highest BCUT2D eigenvalue weighted by atomic mass is 32.2. The fourth-order valence-electron chi connectivity index (χ4n) is 2.89. The van der Waals surface area contributed by atoms with Gasteiger partial charge in [-0.05, 0) is 31.1 Å². The van der Waals surface area contributed by atoms with E-state index in [1.807, 2.05) is 0 Å². The minimum Gasteiger partial charge on any atom is -0.395 e. The highest BCUT2D eigenvalue weighted by molar-refractivity contribution is 7.86. The molecular formula is C12H24N2O3S. The zero-order valence-corrected chi connectivity index (χ0v) is 12.1. The Balaban J connectivity index is 2.12. The Morgan fingerprint density at radius 1 is 1.22 bits per heavy atom. The Labute approximate surface area is 110 Å². The van der Waals surface area contributed by atoms with Crippen LogP contribution in [-0.2, 0) is 10.2 Å². The van der Waals surface area contributed by atoms with Crippen molar-refractivity contribution in [2.24, 2.45) is 11.8 Å². The van der Waals surface area contributed by atoms with Crippen molar-refractivity contribution in [3.05, 3.63) is 0 Å². The summed E-state index contributed by atoms with van der Waals surface area (Å²) in [6.07, 6.45) is 2.95. The second-order valence-corrected chi connectivity index (χ2v) is 7.72. The van der Waals surface area contributed by atoms with Crippen molar-refractivity contribution in [2.45, 2.75) is 39.2 Å². The predicted octanol–water partition coefficient (Wildman–Crippen LogP) is 0.666. The van der Waals surface area contributed by atoms with Crippen LogP contribution in [0.2, 0.25) is 0 Å². The minimum absolute atomic E-state index is 0.103. The number of hydrogen-bond acceptors (Lipinski definition) is 3. The summed E-state index contributed by atoms with van der Waals surface area (Å²) in [6.45, 7) is 5.56. The lowest BCUT2D eigenvalue weighted by atomic mass is 9.94. The summed E-state index contributed by atoms with van der Waals surface area (Å²) < 4.78 is 28.3. The smallest absolute Gasteiger partial charge is 0.282 e. The van der Waals surface area contributed by atoms with Gasteiger partial charge in [0.05, 0.1) is 6.61 Å². The summed E-state index contributed by atoms with van der Waals surface area (Å²) in [6, 6.07) is 0.120. The van der Waals surface area contributed by atoms with Crippen molar-refractivity contribution in [1.29, 1.82) is 0 Å². The second-order valence-electron chi connectivity index (χ2n) is 5.84. The molecule has 1 saturated carbocycles. The van der Waals surface area contributed by atoms with Gasteiger partial charge in [-0.3, -0.25) is 0 Å². The fraction of sp³-hybridized carbons (Fsp3) is 1.00. The Kier molecular flexibility index (Phi) is 4.31. The molecule has 106 valence electrons. The normalized spacial score (nSPS) is 30.9. The lowest BCUT2D eigenvalue weighted by molar-refractivity contribution is 0.197. The topological polar surface area (TPSA) is 60.9 Å². The summed E-state index contributed by atoms with van der Waals surface area (Å²) in [5.41, 5.74) is 0. The van der Waals surface area contributed by atoms with E-state index in [1.54, 1.807) is 4.31 Å². The molecule has 2 unspecified atom stereocenters. The third kappa shape index (κ3) is 3.04. The van der Waals surface area contributed by atoms with Gasteiger partial charge in [0.2, 0.25) is 0 Å². The monoisotopic (exact) mass is 276 g/mol. The van der Waals surface area contributed by atoms with Crippen molar-refractivity contribution < 1.29 is 13.5 Å². The largest absolute Gasteiger partial charge is 0.395 e. The quantitative estimate of drug-likeness (QED) is 0.802. The molecule has 2 atom stereocenters. The summed E-state index contributed by atoms with van der Waals surface area (Å²) in [7, 11) is -3.38. The molecule has 0 radical (unpaired) electrons. The Bertz CT molecular complexity index is 371. The van der Waals surface area contributed by atoms with Crippen LogP contribution in [0.3, 0.4) is 0 Å². The molecule has 18 heavy (non-hydrogen) atoms. The van der Waals surface area contributed by atoms with E-state index in [1.165, 1.54) is 4.31 Å². The Hall–Kier alpha value is -0.170. The molecule has 5 nitrogen and oxygen atoms in total. The van der Waals surface area contributed by atoms with E-state index in [4.69, 9.17) is 5.11 Å². The van der Waals surface area contributed by atoms with Crippen molar-refractivity contribution in [1.82, 2.24) is 8.61 Å². The second kappa shape index (κ2) is 5.45. The van der Waals surface area contributed by atoms with Gasteiger partial charge < -0.3 is 5.11 Å². The van der Waals surface area contributed by atoms with Crippen LogP contribution >= 0.6 is 0 Å². The van der Waals surface area contributed by atoms with Crippen LogP contribution in [0.4, 0.5) is 0 Å². The molecule has 2 aliphatic rings. The first-order chi connectivity index (χ1) is 8.45. The molecule has 2 fully saturated rings. The van der Waals surface area contributed by atoms with Crippen molar-refractivity contribution >= 4 is 10.2 Å². The third-order valence-corrected chi connectivity index (χ3v) is 5.76. The molecule has 0 aromatic rings. The molecule has 6 heteroatoms.